The summed E-state index contributed by atoms with van der Waals surface area (Å²) in [5, 5.41) is 3.59. The van der Waals surface area contributed by atoms with Gasteiger partial charge in [-0.2, -0.15) is 0 Å². The topological polar surface area (TPSA) is 35.6 Å². The lowest BCUT2D eigenvalue weighted by Gasteiger charge is -2.34. The van der Waals surface area contributed by atoms with E-state index in [2.05, 4.69) is 17.1 Å². The summed E-state index contributed by atoms with van der Waals surface area (Å²) in [7, 11) is 0. The first-order valence-corrected chi connectivity index (χ1v) is 8.53. The fourth-order valence-electron chi connectivity index (χ4n) is 3.34. The van der Waals surface area contributed by atoms with E-state index in [4.69, 9.17) is 0 Å². The molecular formula is C16H31N3O. The summed E-state index contributed by atoms with van der Waals surface area (Å²) in [6.45, 7) is 8.06. The Kier molecular flexibility index (Phi) is 6.80. The van der Waals surface area contributed by atoms with Gasteiger partial charge in [0.2, 0.25) is 5.91 Å². The Morgan fingerprint density at radius 1 is 1.05 bits per heavy atom. The molecule has 2 aliphatic rings. The maximum absolute atomic E-state index is 12.2. The molecule has 2 fully saturated rings. The van der Waals surface area contributed by atoms with Gasteiger partial charge in [0.15, 0.2) is 0 Å². The molecule has 1 saturated carbocycles. The smallest absolute Gasteiger partial charge is 0.223 e. The lowest BCUT2D eigenvalue weighted by Crippen LogP contribution is -2.49. The van der Waals surface area contributed by atoms with Gasteiger partial charge in [-0.05, 0) is 19.4 Å². The van der Waals surface area contributed by atoms with Gasteiger partial charge >= 0.3 is 0 Å². The lowest BCUT2D eigenvalue weighted by molar-refractivity contribution is -0.132. The van der Waals surface area contributed by atoms with Crippen LogP contribution in [-0.4, -0.2) is 61.0 Å². The number of nitrogens with one attached hydrogen (secondary N) is 1. The van der Waals surface area contributed by atoms with Gasteiger partial charge in [-0.15, -0.1) is 0 Å². The van der Waals surface area contributed by atoms with Crippen LogP contribution in [0.1, 0.15) is 51.9 Å². The van der Waals surface area contributed by atoms with Gasteiger partial charge in [-0.1, -0.05) is 32.6 Å². The monoisotopic (exact) mass is 281 g/mol. The molecule has 1 saturated heterocycles. The van der Waals surface area contributed by atoms with Crippen LogP contribution in [0.25, 0.3) is 0 Å². The summed E-state index contributed by atoms with van der Waals surface area (Å²) in [6.07, 6.45) is 8.74. The third kappa shape index (κ3) is 5.06. The maximum Gasteiger partial charge on any atom is 0.223 e. The van der Waals surface area contributed by atoms with Crippen LogP contribution in [0.15, 0.2) is 0 Å². The van der Waals surface area contributed by atoms with E-state index in [9.17, 15) is 4.79 Å². The number of carbonyl (C=O) groups excluding carboxylic acids is 1. The Morgan fingerprint density at radius 3 is 2.30 bits per heavy atom. The first kappa shape index (κ1) is 15.8. The molecule has 0 aromatic heterocycles. The Hall–Kier alpha value is -0.610. The van der Waals surface area contributed by atoms with E-state index in [1.165, 1.54) is 38.5 Å². The first-order valence-electron chi connectivity index (χ1n) is 8.53. The maximum atomic E-state index is 12.2. The average Bonchev–Trinajstić information content (AvgIpc) is 2.76. The zero-order valence-corrected chi connectivity index (χ0v) is 13.1. The van der Waals surface area contributed by atoms with E-state index < -0.39 is 0 Å². The van der Waals surface area contributed by atoms with Crippen molar-refractivity contribution in [2.45, 2.75) is 57.9 Å². The molecule has 1 N–H and O–H groups in total. The van der Waals surface area contributed by atoms with Crippen molar-refractivity contribution < 1.29 is 4.79 Å². The highest BCUT2D eigenvalue weighted by Crippen LogP contribution is 2.17. The number of rotatable bonds is 5. The second-order valence-corrected chi connectivity index (χ2v) is 6.21. The van der Waals surface area contributed by atoms with Crippen molar-refractivity contribution in [2.75, 3.05) is 39.3 Å². The minimum Gasteiger partial charge on any atom is -0.340 e. The van der Waals surface area contributed by atoms with Gasteiger partial charge in [0, 0.05) is 45.2 Å². The number of amides is 1. The molecule has 0 aromatic carbocycles. The van der Waals surface area contributed by atoms with Crippen LogP contribution in [0.5, 0.6) is 0 Å². The van der Waals surface area contributed by atoms with Crippen molar-refractivity contribution in [3.8, 4) is 0 Å². The molecule has 0 bridgehead atoms. The normalized spacial score (nSPS) is 22.8. The third-order valence-electron chi connectivity index (χ3n) is 4.80. The van der Waals surface area contributed by atoms with Crippen molar-refractivity contribution in [3.05, 3.63) is 0 Å². The summed E-state index contributed by atoms with van der Waals surface area (Å²) >= 11 is 0. The standard InChI is InChI=1S/C16H31N3O/c1-2-18-11-13-19(14-12-18)16(20)9-10-17-15-7-5-3-4-6-8-15/h15,17H,2-14H2,1H3. The van der Waals surface area contributed by atoms with Crippen LogP contribution in [0.3, 0.4) is 0 Å². The molecule has 116 valence electrons. The van der Waals surface area contributed by atoms with E-state index in [1.54, 1.807) is 0 Å². The largest absolute Gasteiger partial charge is 0.340 e. The molecule has 1 aliphatic heterocycles. The van der Waals surface area contributed by atoms with E-state index >= 15 is 0 Å². The Labute approximate surface area is 123 Å². The molecule has 4 heteroatoms. The second kappa shape index (κ2) is 8.63. The number of piperazine rings is 1. The zero-order valence-electron chi connectivity index (χ0n) is 13.1. The van der Waals surface area contributed by atoms with Crippen LogP contribution in [0, 0.1) is 0 Å². The van der Waals surface area contributed by atoms with E-state index in [0.29, 0.717) is 18.4 Å². The fraction of sp³-hybridized carbons (Fsp3) is 0.938. The third-order valence-corrected chi connectivity index (χ3v) is 4.80. The van der Waals surface area contributed by atoms with Gasteiger partial charge in [0.1, 0.15) is 0 Å². The molecule has 1 aliphatic carbocycles. The highest BCUT2D eigenvalue weighted by molar-refractivity contribution is 5.76. The first-order chi connectivity index (χ1) is 9.79. The molecule has 1 heterocycles. The van der Waals surface area contributed by atoms with Gasteiger partial charge in [-0.3, -0.25) is 4.79 Å². The minimum atomic E-state index is 0.335. The van der Waals surface area contributed by atoms with Crippen LogP contribution in [0.4, 0.5) is 0 Å². The summed E-state index contributed by atoms with van der Waals surface area (Å²) in [5.74, 6) is 0.335. The lowest BCUT2D eigenvalue weighted by atomic mass is 10.1. The Balaban J connectivity index is 1.60. The highest BCUT2D eigenvalue weighted by atomic mass is 16.2. The van der Waals surface area contributed by atoms with Crippen molar-refractivity contribution in [3.63, 3.8) is 0 Å². The van der Waals surface area contributed by atoms with Crippen LogP contribution in [0.2, 0.25) is 0 Å². The summed E-state index contributed by atoms with van der Waals surface area (Å²) < 4.78 is 0. The van der Waals surface area contributed by atoms with Gasteiger partial charge in [0.05, 0.1) is 0 Å². The number of hydrogen-bond acceptors (Lipinski definition) is 3. The number of carbonyl (C=O) groups is 1. The average molecular weight is 281 g/mol. The predicted molar refractivity (Wildman–Crippen MR) is 82.8 cm³/mol. The summed E-state index contributed by atoms with van der Waals surface area (Å²) in [5.41, 5.74) is 0. The molecular weight excluding hydrogens is 250 g/mol. The van der Waals surface area contributed by atoms with Crippen LogP contribution < -0.4 is 5.32 Å². The van der Waals surface area contributed by atoms with Gasteiger partial charge < -0.3 is 15.1 Å². The SMILES string of the molecule is CCN1CCN(C(=O)CCNC2CCCCCC2)CC1. The molecule has 0 aromatic rings. The summed E-state index contributed by atoms with van der Waals surface area (Å²) in [6, 6.07) is 0.655. The van der Waals surface area contributed by atoms with Crippen molar-refractivity contribution in [2.24, 2.45) is 0 Å². The second-order valence-electron chi connectivity index (χ2n) is 6.21. The van der Waals surface area contributed by atoms with Crippen LogP contribution in [-0.2, 0) is 4.79 Å². The van der Waals surface area contributed by atoms with E-state index in [-0.39, 0.29) is 0 Å². The van der Waals surface area contributed by atoms with Gasteiger partial charge in [0.25, 0.3) is 0 Å². The molecule has 0 atom stereocenters. The molecule has 0 radical (unpaired) electrons. The number of nitrogens with zero attached hydrogens (tertiary/aromatic N) is 2. The minimum absolute atomic E-state index is 0.335. The number of likely N-dealkylation sites (N-methyl/N-ethyl adjacent to an activating group) is 1. The molecule has 20 heavy (non-hydrogen) atoms. The van der Waals surface area contributed by atoms with Crippen LogP contribution >= 0.6 is 0 Å². The predicted octanol–water partition coefficient (Wildman–Crippen LogP) is 1.85. The molecule has 4 nitrogen and oxygen atoms in total. The molecule has 1 amide bonds. The Morgan fingerprint density at radius 2 is 1.70 bits per heavy atom. The Bertz CT molecular complexity index is 279. The zero-order chi connectivity index (χ0) is 14.2. The van der Waals surface area contributed by atoms with Gasteiger partial charge in [-0.25, -0.2) is 0 Å². The van der Waals surface area contributed by atoms with Crippen molar-refractivity contribution in [1.82, 2.24) is 15.1 Å². The molecule has 0 spiro atoms. The highest BCUT2D eigenvalue weighted by Gasteiger charge is 2.20. The van der Waals surface area contributed by atoms with Crippen molar-refractivity contribution >= 4 is 5.91 Å². The van der Waals surface area contributed by atoms with Crippen molar-refractivity contribution in [1.29, 1.82) is 0 Å². The fourth-order valence-corrected chi connectivity index (χ4v) is 3.34. The summed E-state index contributed by atoms with van der Waals surface area (Å²) in [4.78, 5) is 16.6. The quantitative estimate of drug-likeness (QED) is 0.781. The molecule has 2 rings (SSSR count). The number of hydrogen-bond donors (Lipinski definition) is 1. The molecule has 0 unspecified atom stereocenters. The van der Waals surface area contributed by atoms with E-state index in [1.807, 2.05) is 4.90 Å². The van der Waals surface area contributed by atoms with E-state index in [0.717, 1.165) is 39.3 Å².